The lowest BCUT2D eigenvalue weighted by molar-refractivity contribution is 0.535. The minimum atomic E-state index is 0.672. The van der Waals surface area contributed by atoms with Gasteiger partial charge in [0.05, 0.1) is 0 Å². The van der Waals surface area contributed by atoms with Crippen LogP contribution < -0.4 is 10.6 Å². The maximum atomic E-state index is 5.15. The number of rotatable bonds is 6. The highest BCUT2D eigenvalue weighted by Gasteiger charge is 2.21. The number of thiocarbonyl (C=S) groups is 1. The molecule has 0 saturated heterocycles. The highest BCUT2D eigenvalue weighted by atomic mass is 32.1. The second-order valence-corrected chi connectivity index (χ2v) is 4.97. The molecule has 82 valence electrons. The number of hydrogen-bond donors (Lipinski definition) is 2. The Balaban J connectivity index is 1.84. The molecule has 0 aromatic carbocycles. The molecule has 1 rings (SSSR count). The Labute approximate surface area is 92.8 Å². The van der Waals surface area contributed by atoms with Gasteiger partial charge in [-0.15, -0.1) is 0 Å². The number of nitrogens with one attached hydrogen (secondary N) is 2. The van der Waals surface area contributed by atoms with Gasteiger partial charge in [-0.05, 0) is 37.4 Å². The molecule has 1 saturated carbocycles. The van der Waals surface area contributed by atoms with Gasteiger partial charge < -0.3 is 10.6 Å². The Morgan fingerprint density at radius 2 is 2.07 bits per heavy atom. The molecule has 1 aliphatic carbocycles. The fourth-order valence-electron chi connectivity index (χ4n) is 1.34. The highest BCUT2D eigenvalue weighted by molar-refractivity contribution is 7.80. The van der Waals surface area contributed by atoms with Crippen LogP contribution in [0.15, 0.2) is 0 Å². The molecule has 0 spiro atoms. The Morgan fingerprint density at radius 3 is 2.64 bits per heavy atom. The van der Waals surface area contributed by atoms with Crippen molar-refractivity contribution in [3.8, 4) is 0 Å². The largest absolute Gasteiger partial charge is 0.363 e. The van der Waals surface area contributed by atoms with Crippen LogP contribution in [0.3, 0.4) is 0 Å². The van der Waals surface area contributed by atoms with Gasteiger partial charge >= 0.3 is 0 Å². The predicted molar refractivity (Wildman–Crippen MR) is 65.4 cm³/mol. The van der Waals surface area contributed by atoms with E-state index in [1.807, 2.05) is 0 Å². The van der Waals surface area contributed by atoms with Crippen molar-refractivity contribution >= 4 is 17.3 Å². The molecule has 0 aromatic rings. The smallest absolute Gasteiger partial charge is 0.166 e. The first-order valence-electron chi connectivity index (χ1n) is 5.73. The van der Waals surface area contributed by atoms with E-state index in [9.17, 15) is 0 Å². The fraction of sp³-hybridized carbons (Fsp3) is 0.909. The summed E-state index contributed by atoms with van der Waals surface area (Å²) >= 11 is 5.15. The summed E-state index contributed by atoms with van der Waals surface area (Å²) < 4.78 is 0. The van der Waals surface area contributed by atoms with Crippen molar-refractivity contribution in [2.24, 2.45) is 5.92 Å². The van der Waals surface area contributed by atoms with Crippen LogP contribution >= 0.6 is 12.2 Å². The van der Waals surface area contributed by atoms with Crippen molar-refractivity contribution in [3.63, 3.8) is 0 Å². The van der Waals surface area contributed by atoms with Crippen molar-refractivity contribution in [2.45, 2.75) is 52.0 Å². The molecule has 0 radical (unpaired) electrons. The molecule has 2 N–H and O–H groups in total. The second-order valence-electron chi connectivity index (χ2n) is 4.56. The molecule has 0 aliphatic heterocycles. The van der Waals surface area contributed by atoms with Gasteiger partial charge in [0, 0.05) is 12.6 Å². The van der Waals surface area contributed by atoms with Crippen molar-refractivity contribution in [2.75, 3.05) is 6.54 Å². The lowest BCUT2D eigenvalue weighted by atomic mass is 10.1. The summed E-state index contributed by atoms with van der Waals surface area (Å²) in [6, 6.07) is 0.672. The van der Waals surface area contributed by atoms with E-state index in [-0.39, 0.29) is 0 Å². The maximum Gasteiger partial charge on any atom is 0.166 e. The third-order valence-corrected chi connectivity index (χ3v) is 2.67. The van der Waals surface area contributed by atoms with Crippen LogP contribution in [0.5, 0.6) is 0 Å². The summed E-state index contributed by atoms with van der Waals surface area (Å²) in [5, 5.41) is 7.37. The zero-order chi connectivity index (χ0) is 10.4. The molecule has 0 atom stereocenters. The van der Waals surface area contributed by atoms with Gasteiger partial charge in [-0.3, -0.25) is 0 Å². The summed E-state index contributed by atoms with van der Waals surface area (Å²) in [7, 11) is 0. The second kappa shape index (κ2) is 6.23. The van der Waals surface area contributed by atoms with E-state index in [4.69, 9.17) is 12.2 Å². The van der Waals surface area contributed by atoms with Crippen LogP contribution in [0.1, 0.15) is 46.0 Å². The Morgan fingerprint density at radius 1 is 1.36 bits per heavy atom. The maximum absolute atomic E-state index is 5.15. The number of unbranched alkanes of at least 4 members (excludes halogenated alkanes) is 1. The van der Waals surface area contributed by atoms with E-state index in [2.05, 4.69) is 24.5 Å². The van der Waals surface area contributed by atoms with Crippen molar-refractivity contribution in [1.82, 2.24) is 10.6 Å². The molecule has 0 heterocycles. The molecule has 2 nitrogen and oxygen atoms in total. The van der Waals surface area contributed by atoms with Gasteiger partial charge in [0.15, 0.2) is 5.11 Å². The summed E-state index contributed by atoms with van der Waals surface area (Å²) in [6.45, 7) is 5.56. The van der Waals surface area contributed by atoms with Gasteiger partial charge in [-0.1, -0.05) is 26.7 Å². The molecule has 0 amide bonds. The van der Waals surface area contributed by atoms with Crippen LogP contribution in [-0.4, -0.2) is 17.7 Å². The standard InChI is InChI=1S/C11H22N2S/c1-9(2)5-3-4-8-12-11(14)13-10-6-7-10/h9-10H,3-8H2,1-2H3,(H2,12,13,14). The van der Waals surface area contributed by atoms with E-state index < -0.39 is 0 Å². The van der Waals surface area contributed by atoms with Gasteiger partial charge in [-0.25, -0.2) is 0 Å². The average molecular weight is 214 g/mol. The Kier molecular flexibility index (Phi) is 5.23. The van der Waals surface area contributed by atoms with Gasteiger partial charge in [0.2, 0.25) is 0 Å². The summed E-state index contributed by atoms with van der Waals surface area (Å²) in [5.41, 5.74) is 0. The van der Waals surface area contributed by atoms with E-state index in [1.165, 1.54) is 32.1 Å². The van der Waals surface area contributed by atoms with Crippen LogP contribution in [-0.2, 0) is 0 Å². The molecular formula is C11H22N2S. The predicted octanol–water partition coefficient (Wildman–Crippen LogP) is 2.44. The van der Waals surface area contributed by atoms with Crippen molar-refractivity contribution in [1.29, 1.82) is 0 Å². The molecule has 0 aromatic heterocycles. The molecule has 1 fully saturated rings. The van der Waals surface area contributed by atoms with E-state index >= 15 is 0 Å². The lowest BCUT2D eigenvalue weighted by Crippen LogP contribution is -2.36. The summed E-state index contributed by atoms with van der Waals surface area (Å²) in [5.74, 6) is 0.826. The van der Waals surface area contributed by atoms with Gasteiger partial charge in [0.1, 0.15) is 0 Å². The van der Waals surface area contributed by atoms with Gasteiger partial charge in [0.25, 0.3) is 0 Å². The van der Waals surface area contributed by atoms with Crippen LogP contribution in [0, 0.1) is 5.92 Å². The monoisotopic (exact) mass is 214 g/mol. The fourth-order valence-corrected chi connectivity index (χ4v) is 1.61. The molecule has 0 bridgehead atoms. The first-order valence-corrected chi connectivity index (χ1v) is 6.13. The highest BCUT2D eigenvalue weighted by Crippen LogP contribution is 2.18. The first-order chi connectivity index (χ1) is 6.68. The zero-order valence-corrected chi connectivity index (χ0v) is 10.1. The lowest BCUT2D eigenvalue weighted by Gasteiger charge is -2.09. The third kappa shape index (κ3) is 6.19. The average Bonchev–Trinajstić information content (AvgIpc) is 2.87. The normalized spacial score (nSPS) is 15.6. The zero-order valence-electron chi connectivity index (χ0n) is 9.31. The minimum absolute atomic E-state index is 0.672. The molecule has 3 heteroatoms. The molecule has 1 aliphatic rings. The third-order valence-electron chi connectivity index (χ3n) is 2.41. The first kappa shape index (κ1) is 11.8. The molecule has 0 unspecified atom stereocenters. The molecule has 14 heavy (non-hydrogen) atoms. The topological polar surface area (TPSA) is 24.1 Å². The molecular weight excluding hydrogens is 192 g/mol. The van der Waals surface area contributed by atoms with Crippen LogP contribution in [0.25, 0.3) is 0 Å². The van der Waals surface area contributed by atoms with Crippen LogP contribution in [0.4, 0.5) is 0 Å². The Hall–Kier alpha value is -0.310. The van der Waals surface area contributed by atoms with E-state index in [0.29, 0.717) is 6.04 Å². The summed E-state index contributed by atoms with van der Waals surface area (Å²) in [6.07, 6.45) is 6.43. The SMILES string of the molecule is CC(C)CCCCNC(=S)NC1CC1. The van der Waals surface area contributed by atoms with E-state index in [1.54, 1.807) is 0 Å². The minimum Gasteiger partial charge on any atom is -0.363 e. The quantitative estimate of drug-likeness (QED) is 0.524. The van der Waals surface area contributed by atoms with E-state index in [0.717, 1.165) is 17.6 Å². The summed E-state index contributed by atoms with van der Waals surface area (Å²) in [4.78, 5) is 0. The number of hydrogen-bond acceptors (Lipinski definition) is 1. The van der Waals surface area contributed by atoms with Crippen molar-refractivity contribution < 1.29 is 0 Å². The van der Waals surface area contributed by atoms with Gasteiger partial charge in [-0.2, -0.15) is 0 Å². The Bertz CT molecular complexity index is 176. The van der Waals surface area contributed by atoms with Crippen molar-refractivity contribution in [3.05, 3.63) is 0 Å². The van der Waals surface area contributed by atoms with Crippen LogP contribution in [0.2, 0.25) is 0 Å².